The highest BCUT2D eigenvalue weighted by molar-refractivity contribution is 5.24. The smallest absolute Gasteiger partial charge is 0.0124 e. The van der Waals surface area contributed by atoms with E-state index in [0.717, 1.165) is 6.42 Å². The summed E-state index contributed by atoms with van der Waals surface area (Å²) in [5, 5.41) is 0. The topological polar surface area (TPSA) is 3.24 Å². The summed E-state index contributed by atoms with van der Waals surface area (Å²) in [5.41, 5.74) is 2.87. The molecule has 0 saturated carbocycles. The molecule has 0 spiro atoms. The Hall–Kier alpha value is -0.560. The fourth-order valence-corrected chi connectivity index (χ4v) is 1.69. The lowest BCUT2D eigenvalue weighted by Crippen LogP contribution is -2.31. The molecule has 0 aliphatic rings. The molecule has 0 amide bonds. The van der Waals surface area contributed by atoms with Crippen LogP contribution in [0.3, 0.4) is 0 Å². The minimum Gasteiger partial charge on any atom is -0.306 e. The summed E-state index contributed by atoms with van der Waals surface area (Å²) in [6, 6.07) is 0.580. The molecule has 0 saturated heterocycles. The molecule has 0 heterocycles. The Balaban J connectivity index is 4.74. The van der Waals surface area contributed by atoms with E-state index in [-0.39, 0.29) is 0 Å². The van der Waals surface area contributed by atoms with E-state index < -0.39 is 0 Å². The lowest BCUT2D eigenvalue weighted by atomic mass is 9.90. The number of allylic oxidation sites excluding steroid dienone is 2. The first-order valence-corrected chi connectivity index (χ1v) is 5.44. The Morgan fingerprint density at radius 2 is 1.86 bits per heavy atom. The first kappa shape index (κ1) is 13.4. The van der Waals surface area contributed by atoms with Crippen molar-refractivity contribution in [3.8, 4) is 0 Å². The predicted octanol–water partition coefficient (Wildman–Crippen LogP) is 3.49. The first-order valence-electron chi connectivity index (χ1n) is 5.44. The van der Waals surface area contributed by atoms with Gasteiger partial charge in [0, 0.05) is 6.04 Å². The third-order valence-electron chi connectivity index (χ3n) is 3.35. The van der Waals surface area contributed by atoms with Crippen LogP contribution in [0.5, 0.6) is 0 Å². The van der Waals surface area contributed by atoms with Gasteiger partial charge >= 0.3 is 0 Å². The molecule has 1 nitrogen and oxygen atoms in total. The summed E-state index contributed by atoms with van der Waals surface area (Å²) in [4.78, 5) is 2.27. The summed E-state index contributed by atoms with van der Waals surface area (Å²) >= 11 is 0. The van der Waals surface area contributed by atoms with E-state index in [9.17, 15) is 0 Å². The molecule has 0 bridgehead atoms. The fourth-order valence-electron chi connectivity index (χ4n) is 1.69. The third-order valence-corrected chi connectivity index (χ3v) is 3.35. The SMILES string of the molecule is C=C/C(CC)=C(/C)C(C)C(C)N(C)C. The van der Waals surface area contributed by atoms with E-state index >= 15 is 0 Å². The highest BCUT2D eigenvalue weighted by Crippen LogP contribution is 2.22. The normalized spacial score (nSPS) is 17.6. The fraction of sp³-hybridized carbons (Fsp3) is 0.692. The van der Waals surface area contributed by atoms with E-state index in [0.29, 0.717) is 12.0 Å². The summed E-state index contributed by atoms with van der Waals surface area (Å²) in [6.07, 6.45) is 3.08. The lowest BCUT2D eigenvalue weighted by molar-refractivity contribution is 0.259. The molecule has 2 atom stereocenters. The minimum absolute atomic E-state index is 0.580. The van der Waals surface area contributed by atoms with Crippen LogP contribution in [0.1, 0.15) is 34.1 Å². The predicted molar refractivity (Wildman–Crippen MR) is 65.5 cm³/mol. The van der Waals surface area contributed by atoms with Crippen molar-refractivity contribution >= 4 is 0 Å². The lowest BCUT2D eigenvalue weighted by Gasteiger charge is -2.28. The molecule has 0 aromatic rings. The molecule has 0 aromatic carbocycles. The van der Waals surface area contributed by atoms with Crippen molar-refractivity contribution in [1.29, 1.82) is 0 Å². The van der Waals surface area contributed by atoms with Crippen molar-refractivity contribution in [2.24, 2.45) is 5.92 Å². The van der Waals surface area contributed by atoms with Crippen molar-refractivity contribution in [2.45, 2.75) is 40.2 Å². The van der Waals surface area contributed by atoms with Crippen LogP contribution in [0.4, 0.5) is 0 Å². The second kappa shape index (κ2) is 6.02. The number of nitrogens with zero attached hydrogens (tertiary/aromatic N) is 1. The maximum atomic E-state index is 3.87. The van der Waals surface area contributed by atoms with E-state index in [4.69, 9.17) is 0 Å². The first-order chi connectivity index (χ1) is 6.45. The number of hydrogen-bond donors (Lipinski definition) is 0. The van der Waals surface area contributed by atoms with Crippen LogP contribution in [0.2, 0.25) is 0 Å². The molecule has 1 heteroatoms. The Morgan fingerprint density at radius 1 is 1.36 bits per heavy atom. The van der Waals surface area contributed by atoms with E-state index in [1.165, 1.54) is 11.1 Å². The zero-order valence-corrected chi connectivity index (χ0v) is 10.6. The van der Waals surface area contributed by atoms with Gasteiger partial charge in [0.05, 0.1) is 0 Å². The monoisotopic (exact) mass is 195 g/mol. The molecule has 0 N–H and O–H groups in total. The zero-order valence-electron chi connectivity index (χ0n) is 10.6. The molecule has 0 fully saturated rings. The average Bonchev–Trinajstić information content (AvgIpc) is 2.17. The molecule has 14 heavy (non-hydrogen) atoms. The standard InChI is InChI=1S/C13H25N/c1-8-13(9-2)11(4)10(3)12(5)14(6)7/h8,10,12H,1,9H2,2-7H3/b13-11+. The van der Waals surface area contributed by atoms with Crippen molar-refractivity contribution in [2.75, 3.05) is 14.1 Å². The van der Waals surface area contributed by atoms with Gasteiger partial charge in [-0.15, -0.1) is 0 Å². The van der Waals surface area contributed by atoms with Crippen LogP contribution < -0.4 is 0 Å². The largest absolute Gasteiger partial charge is 0.306 e. The van der Waals surface area contributed by atoms with Gasteiger partial charge in [0.1, 0.15) is 0 Å². The van der Waals surface area contributed by atoms with E-state index in [1.54, 1.807) is 0 Å². The second-order valence-electron chi connectivity index (χ2n) is 4.26. The van der Waals surface area contributed by atoms with E-state index in [2.05, 4.69) is 53.3 Å². The van der Waals surface area contributed by atoms with Gasteiger partial charge in [-0.25, -0.2) is 0 Å². The molecule has 0 rings (SSSR count). The van der Waals surface area contributed by atoms with Crippen molar-refractivity contribution in [3.63, 3.8) is 0 Å². The summed E-state index contributed by atoms with van der Waals surface area (Å²) in [7, 11) is 4.27. The number of rotatable bonds is 5. The molecular weight excluding hydrogens is 170 g/mol. The van der Waals surface area contributed by atoms with Gasteiger partial charge in [0.25, 0.3) is 0 Å². The average molecular weight is 195 g/mol. The Kier molecular flexibility index (Phi) is 5.78. The number of hydrogen-bond acceptors (Lipinski definition) is 1. The molecule has 0 aliphatic heterocycles. The van der Waals surface area contributed by atoms with Gasteiger partial charge in [-0.05, 0) is 45.9 Å². The van der Waals surface area contributed by atoms with Crippen LogP contribution >= 0.6 is 0 Å². The maximum absolute atomic E-state index is 3.87. The molecule has 2 unspecified atom stereocenters. The van der Waals surface area contributed by atoms with Gasteiger partial charge < -0.3 is 4.90 Å². The van der Waals surface area contributed by atoms with Crippen LogP contribution in [0.25, 0.3) is 0 Å². The van der Waals surface area contributed by atoms with Crippen molar-refractivity contribution < 1.29 is 0 Å². The van der Waals surface area contributed by atoms with Gasteiger partial charge in [-0.1, -0.05) is 32.1 Å². The van der Waals surface area contributed by atoms with Gasteiger partial charge in [0.2, 0.25) is 0 Å². The molecule has 0 aliphatic carbocycles. The summed E-state index contributed by atoms with van der Waals surface area (Å²) in [6.45, 7) is 12.8. The zero-order chi connectivity index (χ0) is 11.3. The van der Waals surface area contributed by atoms with Crippen molar-refractivity contribution in [1.82, 2.24) is 4.90 Å². The van der Waals surface area contributed by atoms with Crippen LogP contribution in [-0.4, -0.2) is 25.0 Å². The summed E-state index contributed by atoms with van der Waals surface area (Å²) < 4.78 is 0. The quantitative estimate of drug-likeness (QED) is 0.607. The van der Waals surface area contributed by atoms with Crippen molar-refractivity contribution in [3.05, 3.63) is 23.8 Å². The Labute approximate surface area is 89.5 Å². The molecule has 0 aromatic heterocycles. The third kappa shape index (κ3) is 3.30. The molecular formula is C13H25N. The second-order valence-corrected chi connectivity index (χ2v) is 4.26. The summed E-state index contributed by atoms with van der Waals surface area (Å²) in [5.74, 6) is 0.595. The molecule has 82 valence electrons. The highest BCUT2D eigenvalue weighted by Gasteiger charge is 2.16. The van der Waals surface area contributed by atoms with Crippen LogP contribution in [0.15, 0.2) is 23.8 Å². The van der Waals surface area contributed by atoms with Crippen LogP contribution in [-0.2, 0) is 0 Å². The van der Waals surface area contributed by atoms with E-state index in [1.807, 2.05) is 6.08 Å². The molecule has 0 radical (unpaired) electrons. The highest BCUT2D eigenvalue weighted by atomic mass is 15.1. The Morgan fingerprint density at radius 3 is 2.14 bits per heavy atom. The Bertz CT molecular complexity index is 213. The maximum Gasteiger partial charge on any atom is 0.0124 e. The van der Waals surface area contributed by atoms with Gasteiger partial charge in [-0.2, -0.15) is 0 Å². The van der Waals surface area contributed by atoms with Gasteiger partial charge in [-0.3, -0.25) is 0 Å². The van der Waals surface area contributed by atoms with Gasteiger partial charge in [0.15, 0.2) is 0 Å². The minimum atomic E-state index is 0.580. The van der Waals surface area contributed by atoms with Crippen LogP contribution in [0, 0.1) is 5.92 Å².